The first-order chi connectivity index (χ1) is 11.2. The summed E-state index contributed by atoms with van der Waals surface area (Å²) in [5, 5.41) is 9.20. The highest BCUT2D eigenvalue weighted by molar-refractivity contribution is 5.84. The standard InChI is InChI=1S/C16H17N5O2/c1-19(2)16(22)21(23-12-13-8-4-3-5-9-13)20-15-11-7-6-10-14(15)17-18-20/h3-11H,12H2,1-2H3. The van der Waals surface area contributed by atoms with Crippen molar-refractivity contribution in [3.8, 4) is 0 Å². The number of nitrogens with zero attached hydrogens (tertiary/aromatic N) is 5. The summed E-state index contributed by atoms with van der Waals surface area (Å²) in [4.78, 5) is 20.9. The second kappa shape index (κ2) is 6.45. The fourth-order valence-corrected chi connectivity index (χ4v) is 2.06. The van der Waals surface area contributed by atoms with Gasteiger partial charge in [-0.2, -0.15) is 0 Å². The molecule has 3 rings (SSSR count). The van der Waals surface area contributed by atoms with Crippen LogP contribution in [0.3, 0.4) is 0 Å². The van der Waals surface area contributed by atoms with Gasteiger partial charge in [-0.1, -0.05) is 47.6 Å². The predicted molar refractivity (Wildman–Crippen MR) is 86.1 cm³/mol. The Balaban J connectivity index is 1.91. The Kier molecular flexibility index (Phi) is 4.20. The van der Waals surface area contributed by atoms with Crippen LogP contribution in [-0.2, 0) is 11.4 Å². The molecule has 2 amide bonds. The normalized spacial score (nSPS) is 10.7. The minimum atomic E-state index is -0.350. The first-order valence-electron chi connectivity index (χ1n) is 7.16. The van der Waals surface area contributed by atoms with Crippen molar-refractivity contribution in [3.63, 3.8) is 0 Å². The van der Waals surface area contributed by atoms with Gasteiger partial charge in [0, 0.05) is 14.1 Å². The zero-order valence-electron chi connectivity index (χ0n) is 13.0. The lowest BCUT2D eigenvalue weighted by molar-refractivity contribution is 0.0467. The Morgan fingerprint density at radius 1 is 1.09 bits per heavy atom. The van der Waals surface area contributed by atoms with Gasteiger partial charge < -0.3 is 4.90 Å². The molecule has 2 aromatic carbocycles. The van der Waals surface area contributed by atoms with E-state index in [1.54, 1.807) is 14.1 Å². The Labute approximate surface area is 133 Å². The quantitative estimate of drug-likeness (QED) is 0.693. The van der Waals surface area contributed by atoms with Crippen molar-refractivity contribution >= 4 is 17.1 Å². The number of urea groups is 1. The summed E-state index contributed by atoms with van der Waals surface area (Å²) in [6.07, 6.45) is 0. The molecule has 0 aliphatic rings. The maximum Gasteiger partial charge on any atom is 0.365 e. The molecule has 0 spiro atoms. The van der Waals surface area contributed by atoms with Crippen LogP contribution in [0, 0.1) is 0 Å². The van der Waals surface area contributed by atoms with E-state index >= 15 is 0 Å². The molecule has 0 N–H and O–H groups in total. The molecule has 7 heteroatoms. The highest BCUT2D eigenvalue weighted by Crippen LogP contribution is 2.12. The van der Waals surface area contributed by atoms with Crippen LogP contribution < -0.4 is 5.17 Å². The summed E-state index contributed by atoms with van der Waals surface area (Å²) in [7, 11) is 3.31. The van der Waals surface area contributed by atoms with Crippen LogP contribution >= 0.6 is 0 Å². The Bertz CT molecular complexity index is 800. The zero-order valence-corrected chi connectivity index (χ0v) is 13.0. The highest BCUT2D eigenvalue weighted by Gasteiger charge is 2.22. The van der Waals surface area contributed by atoms with Gasteiger partial charge in [-0.05, 0) is 22.9 Å². The average Bonchev–Trinajstić information content (AvgIpc) is 3.00. The first-order valence-corrected chi connectivity index (χ1v) is 7.16. The molecule has 0 saturated heterocycles. The monoisotopic (exact) mass is 311 g/mol. The Morgan fingerprint density at radius 2 is 1.78 bits per heavy atom. The van der Waals surface area contributed by atoms with Crippen LogP contribution in [-0.4, -0.2) is 40.1 Å². The molecule has 7 nitrogen and oxygen atoms in total. The van der Waals surface area contributed by atoms with E-state index in [9.17, 15) is 4.79 Å². The van der Waals surface area contributed by atoms with Gasteiger partial charge in [0.2, 0.25) is 0 Å². The van der Waals surface area contributed by atoms with Gasteiger partial charge in [-0.15, -0.1) is 9.89 Å². The molecular weight excluding hydrogens is 294 g/mol. The molecule has 0 atom stereocenters. The number of benzene rings is 2. The lowest BCUT2D eigenvalue weighted by Gasteiger charge is -2.24. The number of hydroxylamine groups is 1. The van der Waals surface area contributed by atoms with Crippen molar-refractivity contribution in [2.45, 2.75) is 6.61 Å². The summed E-state index contributed by atoms with van der Waals surface area (Å²) < 4.78 is 0. The van der Waals surface area contributed by atoms with E-state index in [0.29, 0.717) is 11.0 Å². The number of fused-ring (bicyclic) bond motifs is 1. The number of carbonyl (C=O) groups excluding carboxylic acids is 1. The van der Waals surface area contributed by atoms with Crippen LogP contribution in [0.1, 0.15) is 5.56 Å². The van der Waals surface area contributed by atoms with Crippen LogP contribution in [0.25, 0.3) is 11.0 Å². The summed E-state index contributed by atoms with van der Waals surface area (Å²) >= 11 is 0. The maximum atomic E-state index is 12.4. The average molecular weight is 311 g/mol. The third-order valence-corrected chi connectivity index (χ3v) is 3.25. The van der Waals surface area contributed by atoms with Crippen LogP contribution in [0.4, 0.5) is 4.79 Å². The predicted octanol–water partition coefficient (Wildman–Crippen LogP) is 2.18. The van der Waals surface area contributed by atoms with Crippen molar-refractivity contribution in [3.05, 3.63) is 60.2 Å². The molecule has 0 unspecified atom stereocenters. The molecule has 0 radical (unpaired) electrons. The fourth-order valence-electron chi connectivity index (χ4n) is 2.06. The molecule has 0 aliphatic carbocycles. The van der Waals surface area contributed by atoms with Crippen molar-refractivity contribution in [1.82, 2.24) is 20.0 Å². The molecule has 1 aromatic heterocycles. The van der Waals surface area contributed by atoms with Gasteiger partial charge in [0.05, 0.1) is 0 Å². The summed E-state index contributed by atoms with van der Waals surface area (Å²) in [6.45, 7) is 0.245. The molecule has 0 saturated carbocycles. The van der Waals surface area contributed by atoms with E-state index < -0.39 is 0 Å². The van der Waals surface area contributed by atoms with Gasteiger partial charge in [-0.25, -0.2) is 9.63 Å². The van der Waals surface area contributed by atoms with E-state index in [2.05, 4.69) is 10.3 Å². The molecular formula is C16H17N5O2. The van der Waals surface area contributed by atoms with Crippen molar-refractivity contribution in [1.29, 1.82) is 0 Å². The number of rotatable bonds is 4. The molecule has 1 heterocycles. The second-order valence-electron chi connectivity index (χ2n) is 5.18. The highest BCUT2D eigenvalue weighted by atomic mass is 16.7. The van der Waals surface area contributed by atoms with Crippen molar-refractivity contribution in [2.24, 2.45) is 0 Å². The van der Waals surface area contributed by atoms with E-state index in [0.717, 1.165) is 10.7 Å². The van der Waals surface area contributed by atoms with Crippen LogP contribution in [0.15, 0.2) is 54.6 Å². The van der Waals surface area contributed by atoms with Crippen LogP contribution in [0.5, 0.6) is 0 Å². The zero-order chi connectivity index (χ0) is 16.2. The third kappa shape index (κ3) is 3.14. The lowest BCUT2D eigenvalue weighted by Crippen LogP contribution is -2.46. The van der Waals surface area contributed by atoms with E-state index in [1.165, 1.54) is 9.69 Å². The van der Waals surface area contributed by atoms with Crippen molar-refractivity contribution in [2.75, 3.05) is 19.3 Å². The van der Waals surface area contributed by atoms with Gasteiger partial charge in [0.15, 0.2) is 0 Å². The molecule has 118 valence electrons. The maximum absolute atomic E-state index is 12.4. The largest absolute Gasteiger partial charge is 0.365 e. The minimum Gasteiger partial charge on any atom is -0.327 e. The summed E-state index contributed by atoms with van der Waals surface area (Å²) in [5.74, 6) is 0. The number of hydrogen-bond acceptors (Lipinski definition) is 4. The number of amides is 2. The topological polar surface area (TPSA) is 63.5 Å². The van der Waals surface area contributed by atoms with Crippen molar-refractivity contribution < 1.29 is 9.63 Å². The van der Waals surface area contributed by atoms with Crippen LogP contribution in [0.2, 0.25) is 0 Å². The molecule has 3 aromatic rings. The molecule has 23 heavy (non-hydrogen) atoms. The van der Waals surface area contributed by atoms with E-state index in [-0.39, 0.29) is 12.6 Å². The number of para-hydroxylation sites is 1. The number of aromatic nitrogens is 3. The van der Waals surface area contributed by atoms with Gasteiger partial charge in [0.1, 0.15) is 17.6 Å². The Morgan fingerprint density at radius 3 is 2.52 bits per heavy atom. The smallest absolute Gasteiger partial charge is 0.327 e. The number of carbonyl (C=O) groups is 1. The SMILES string of the molecule is CN(C)C(=O)N(OCc1ccccc1)n1nnc2ccccc21. The first kappa shape index (κ1) is 15.0. The number of hydrogen-bond donors (Lipinski definition) is 0. The Hall–Kier alpha value is -2.93. The molecule has 0 aliphatic heterocycles. The van der Waals surface area contributed by atoms with E-state index in [4.69, 9.17) is 4.84 Å². The summed E-state index contributed by atoms with van der Waals surface area (Å²) in [5.41, 5.74) is 2.33. The van der Waals surface area contributed by atoms with Gasteiger partial charge in [0.25, 0.3) is 0 Å². The molecule has 0 fully saturated rings. The molecule has 0 bridgehead atoms. The third-order valence-electron chi connectivity index (χ3n) is 3.25. The van der Waals surface area contributed by atoms with E-state index in [1.807, 2.05) is 54.6 Å². The lowest BCUT2D eigenvalue weighted by atomic mass is 10.2. The second-order valence-corrected chi connectivity index (χ2v) is 5.18. The summed E-state index contributed by atoms with van der Waals surface area (Å²) in [6, 6.07) is 16.7. The van der Waals surface area contributed by atoms with Gasteiger partial charge >= 0.3 is 6.03 Å². The fraction of sp³-hybridized carbons (Fsp3) is 0.188. The van der Waals surface area contributed by atoms with Gasteiger partial charge in [-0.3, -0.25) is 0 Å². The minimum absolute atomic E-state index is 0.245.